The van der Waals surface area contributed by atoms with Gasteiger partial charge in [-0.15, -0.1) is 0 Å². The van der Waals surface area contributed by atoms with Crippen molar-refractivity contribution in [2.24, 2.45) is 5.73 Å². The highest BCUT2D eigenvalue weighted by molar-refractivity contribution is 7.46. The number of hydrogen-bond acceptors (Lipinski definition) is 5. The van der Waals surface area contributed by atoms with Crippen molar-refractivity contribution in [2.45, 2.75) is 37.0 Å². The second-order valence-corrected chi connectivity index (χ2v) is 8.49. The minimum Gasteiger partial charge on any atom is -0.343 e. The lowest BCUT2D eigenvalue weighted by Crippen LogP contribution is -2.44. The number of alkyl halides is 3. The van der Waals surface area contributed by atoms with Crippen LogP contribution in [0.2, 0.25) is 0 Å². The molecule has 0 spiro atoms. The van der Waals surface area contributed by atoms with Gasteiger partial charge in [0.05, 0.1) is 17.3 Å². The summed E-state index contributed by atoms with van der Waals surface area (Å²) in [6.07, 6.45) is -1.76. The molecule has 0 radical (unpaired) electrons. The summed E-state index contributed by atoms with van der Waals surface area (Å²) in [5.41, 5.74) is 8.01. The maximum absolute atomic E-state index is 13.5. The van der Waals surface area contributed by atoms with Gasteiger partial charge in [0.2, 0.25) is 0 Å². The number of hydrogen-bond donors (Lipinski definition) is 4. The highest BCUT2D eigenvalue weighted by Crippen LogP contribution is 2.44. The van der Waals surface area contributed by atoms with Crippen LogP contribution in [-0.2, 0) is 19.4 Å². The van der Waals surface area contributed by atoms with Crippen LogP contribution in [0.25, 0.3) is 11.1 Å². The Balaban J connectivity index is 1.84. The van der Waals surface area contributed by atoms with E-state index in [1.807, 2.05) is 12.1 Å². The second kappa shape index (κ2) is 9.05. The first-order valence-electron chi connectivity index (χ1n) is 9.26. The Morgan fingerprint density at radius 3 is 2.26 bits per heavy atom. The zero-order valence-electron chi connectivity index (χ0n) is 16.1. The van der Waals surface area contributed by atoms with E-state index in [4.69, 9.17) is 15.5 Å². The van der Waals surface area contributed by atoms with E-state index in [-0.39, 0.29) is 11.1 Å². The van der Waals surface area contributed by atoms with Gasteiger partial charge in [-0.05, 0) is 30.0 Å². The van der Waals surface area contributed by atoms with Crippen LogP contribution in [0.1, 0.15) is 30.2 Å². The average Bonchev–Trinajstić information content (AvgIpc) is 3.48. The first-order valence-corrected chi connectivity index (χ1v) is 10.8. The number of carbonyl (C=O) groups excluding carboxylic acids is 1. The van der Waals surface area contributed by atoms with E-state index in [0.29, 0.717) is 5.56 Å². The Hall–Kier alpha value is -2.30. The zero-order chi connectivity index (χ0) is 22.8. The molecular formula is C19H21F3N3O5P. The number of rotatable bonds is 9. The number of carbonyl (C=O) groups is 1. The molecule has 2 atom stereocenters. The van der Waals surface area contributed by atoms with Crippen LogP contribution in [0.15, 0.2) is 42.6 Å². The minimum atomic E-state index is -5.13. The van der Waals surface area contributed by atoms with Gasteiger partial charge in [-0.1, -0.05) is 30.3 Å². The summed E-state index contributed by atoms with van der Waals surface area (Å²) in [7, 11) is -5.13. The van der Waals surface area contributed by atoms with Gasteiger partial charge in [-0.2, -0.15) is 8.78 Å². The molecule has 1 saturated carbocycles. The van der Waals surface area contributed by atoms with E-state index in [1.54, 1.807) is 23.6 Å². The smallest absolute Gasteiger partial charge is 0.343 e. The number of nitrogens with zero attached hydrogens (tertiary/aromatic N) is 1. The topological polar surface area (TPSA) is 135 Å². The number of halogens is 3. The molecule has 12 heteroatoms. The van der Waals surface area contributed by atoms with Crippen molar-refractivity contribution < 1.29 is 36.8 Å². The maximum atomic E-state index is 13.5. The number of nitrogens with two attached hydrogens (primary N) is 1. The molecular weight excluding hydrogens is 438 g/mol. The Labute approximate surface area is 175 Å². The lowest BCUT2D eigenvalue weighted by atomic mass is 9.99. The molecule has 0 aliphatic heterocycles. The molecule has 2 aromatic rings. The van der Waals surface area contributed by atoms with E-state index in [9.17, 15) is 22.5 Å². The van der Waals surface area contributed by atoms with Gasteiger partial charge >= 0.3 is 14.2 Å². The molecule has 1 amide bonds. The molecule has 1 aliphatic carbocycles. The molecule has 1 aromatic carbocycles. The van der Waals surface area contributed by atoms with Gasteiger partial charge in [0.1, 0.15) is 12.8 Å². The van der Waals surface area contributed by atoms with E-state index in [0.717, 1.165) is 24.1 Å². The largest absolute Gasteiger partial charge is 0.470 e. The van der Waals surface area contributed by atoms with Crippen LogP contribution in [0.3, 0.4) is 0 Å². The number of phosphoric acid groups is 1. The Morgan fingerprint density at radius 1 is 1.19 bits per heavy atom. The molecule has 5 N–H and O–H groups in total. The summed E-state index contributed by atoms with van der Waals surface area (Å²) in [6, 6.07) is 7.83. The Morgan fingerprint density at radius 2 is 1.81 bits per heavy atom. The number of benzene rings is 1. The normalized spacial score (nSPS) is 17.3. The van der Waals surface area contributed by atoms with Gasteiger partial charge in [0, 0.05) is 11.8 Å². The van der Waals surface area contributed by atoms with E-state index in [1.165, 1.54) is 12.1 Å². The monoisotopic (exact) mass is 459 g/mol. The lowest BCUT2D eigenvalue weighted by Gasteiger charge is -2.26. The summed E-state index contributed by atoms with van der Waals surface area (Å²) >= 11 is 0. The van der Waals surface area contributed by atoms with Crippen LogP contribution in [0.4, 0.5) is 13.2 Å². The predicted octanol–water partition coefficient (Wildman–Crippen LogP) is 2.57. The fourth-order valence-electron chi connectivity index (χ4n) is 3.07. The van der Waals surface area contributed by atoms with Crippen LogP contribution >= 0.6 is 7.82 Å². The lowest BCUT2D eigenvalue weighted by molar-refractivity contribution is -0.133. The predicted molar refractivity (Wildman–Crippen MR) is 105 cm³/mol. The number of phosphoric ester groups is 1. The average molecular weight is 459 g/mol. The van der Waals surface area contributed by atoms with Gasteiger partial charge in [0.25, 0.3) is 5.91 Å². The molecule has 3 rings (SSSR count). The summed E-state index contributed by atoms with van der Waals surface area (Å²) < 4.78 is 54.5. The highest BCUT2D eigenvalue weighted by Gasteiger charge is 2.41. The molecule has 1 aromatic heterocycles. The van der Waals surface area contributed by atoms with Crippen LogP contribution in [0.5, 0.6) is 0 Å². The van der Waals surface area contributed by atoms with Crippen molar-refractivity contribution in [3.8, 4) is 11.1 Å². The van der Waals surface area contributed by atoms with E-state index >= 15 is 0 Å². The van der Waals surface area contributed by atoms with Crippen molar-refractivity contribution in [2.75, 3.05) is 6.67 Å². The third-order valence-electron chi connectivity index (χ3n) is 4.94. The van der Waals surface area contributed by atoms with Gasteiger partial charge < -0.3 is 20.8 Å². The Bertz CT molecular complexity index is 965. The first-order chi connectivity index (χ1) is 14.5. The number of amides is 1. The molecule has 2 unspecified atom stereocenters. The van der Waals surface area contributed by atoms with Crippen molar-refractivity contribution in [3.05, 3.63) is 53.9 Å². The standard InChI is InChI=1S/C19H21F3N3O5P/c20-9-14(25-18(26)17(21)22)16(30-31(27,28)29)12-3-1-11(2-4-12)13-5-6-15(24-10-13)19(23)7-8-19/h1-6,10,14,16-17H,7-9,23H2,(H,25,26)(H2,27,28,29). The number of nitrogens with one attached hydrogen (secondary N) is 1. The summed E-state index contributed by atoms with van der Waals surface area (Å²) in [6.45, 7) is -1.39. The van der Waals surface area contributed by atoms with Crippen LogP contribution in [-0.4, -0.2) is 39.8 Å². The molecule has 1 heterocycles. The van der Waals surface area contributed by atoms with Crippen molar-refractivity contribution in [1.29, 1.82) is 0 Å². The fraction of sp³-hybridized carbons (Fsp3) is 0.368. The summed E-state index contributed by atoms with van der Waals surface area (Å²) in [5.74, 6) is -1.78. The molecule has 0 saturated heterocycles. The molecule has 1 fully saturated rings. The zero-order valence-corrected chi connectivity index (χ0v) is 17.0. The summed E-state index contributed by atoms with van der Waals surface area (Å²) in [5, 5.41) is 1.71. The highest BCUT2D eigenvalue weighted by atomic mass is 31.2. The molecule has 31 heavy (non-hydrogen) atoms. The number of aromatic nitrogens is 1. The van der Waals surface area contributed by atoms with Crippen molar-refractivity contribution >= 4 is 13.7 Å². The van der Waals surface area contributed by atoms with Crippen molar-refractivity contribution in [3.63, 3.8) is 0 Å². The second-order valence-electron chi connectivity index (χ2n) is 7.30. The number of pyridine rings is 1. The van der Waals surface area contributed by atoms with E-state index in [2.05, 4.69) is 9.51 Å². The molecule has 1 aliphatic rings. The molecule has 8 nitrogen and oxygen atoms in total. The minimum absolute atomic E-state index is 0.0766. The first kappa shape index (κ1) is 23.4. The summed E-state index contributed by atoms with van der Waals surface area (Å²) in [4.78, 5) is 33.9. The third-order valence-corrected chi connectivity index (χ3v) is 5.44. The maximum Gasteiger partial charge on any atom is 0.470 e. The SMILES string of the molecule is NC1(c2ccc(-c3ccc(C(OP(=O)(O)O)C(CF)NC(=O)C(F)F)cc3)cn2)CC1. The third kappa shape index (κ3) is 5.90. The molecule has 0 bridgehead atoms. The van der Waals surface area contributed by atoms with Crippen LogP contribution in [0, 0.1) is 0 Å². The van der Waals surface area contributed by atoms with Gasteiger partial charge in [-0.3, -0.25) is 14.3 Å². The quantitative estimate of drug-likeness (QED) is 0.424. The van der Waals surface area contributed by atoms with Gasteiger partial charge in [-0.25, -0.2) is 8.96 Å². The van der Waals surface area contributed by atoms with Gasteiger partial charge in [0.15, 0.2) is 0 Å². The van der Waals surface area contributed by atoms with Crippen molar-refractivity contribution in [1.82, 2.24) is 10.3 Å². The Kier molecular flexibility index (Phi) is 6.82. The van der Waals surface area contributed by atoms with Crippen LogP contribution < -0.4 is 11.1 Å². The van der Waals surface area contributed by atoms with E-state index < -0.39 is 39.0 Å². The molecule has 168 valence electrons. The fourth-order valence-corrected chi connectivity index (χ4v) is 3.64.